The number of piperidine rings is 1. The molecule has 3 aromatic heterocycles. The predicted molar refractivity (Wildman–Crippen MR) is 139 cm³/mol. The first kappa shape index (κ1) is 23.5. The van der Waals surface area contributed by atoms with Crippen molar-refractivity contribution in [1.82, 2.24) is 19.9 Å². The first-order chi connectivity index (χ1) is 18.2. The van der Waals surface area contributed by atoms with E-state index >= 15 is 0 Å². The second-order valence-corrected chi connectivity index (χ2v) is 11.1. The second-order valence-electron chi connectivity index (χ2n) is 11.1. The highest BCUT2D eigenvalue weighted by Gasteiger charge is 2.45. The standard InChI is InChI=1S/C29H28F3N5O/c1-17-13-22-25(33-16-17)27(34-36(22)2)37-11-9-28(10-12-37)14-19(15-28)23-24(35-38-26(23)18-7-8-18)20-5-3-4-6-21(20)29(30,31)32/h3-6,13-14,16,18H,7-12,15H2,1-2H3. The van der Waals surface area contributed by atoms with Gasteiger partial charge in [0.25, 0.3) is 0 Å². The molecule has 0 amide bonds. The van der Waals surface area contributed by atoms with Crippen LogP contribution in [-0.2, 0) is 13.2 Å². The van der Waals surface area contributed by atoms with Gasteiger partial charge in [0.05, 0.1) is 11.1 Å². The molecule has 7 rings (SSSR count). The van der Waals surface area contributed by atoms with E-state index in [0.717, 1.165) is 90.6 Å². The number of rotatable bonds is 4. The Balaban J connectivity index is 1.18. The topological polar surface area (TPSA) is 60.0 Å². The minimum atomic E-state index is -4.46. The van der Waals surface area contributed by atoms with E-state index in [1.54, 1.807) is 6.07 Å². The molecule has 2 fully saturated rings. The molecule has 38 heavy (non-hydrogen) atoms. The van der Waals surface area contributed by atoms with Gasteiger partial charge in [0.1, 0.15) is 17.0 Å². The van der Waals surface area contributed by atoms with Gasteiger partial charge in [0.15, 0.2) is 5.82 Å². The normalized spacial score (nSPS) is 19.2. The smallest absolute Gasteiger partial charge is 0.360 e. The van der Waals surface area contributed by atoms with Crippen molar-refractivity contribution in [2.45, 2.75) is 51.1 Å². The number of halogens is 3. The van der Waals surface area contributed by atoms with Crippen molar-refractivity contribution >= 4 is 22.4 Å². The minimum Gasteiger partial charge on any atom is -0.360 e. The molecule has 0 bridgehead atoms. The molecule has 0 N–H and O–H groups in total. The molecule has 3 aliphatic rings. The average Bonchev–Trinajstić information content (AvgIpc) is 3.55. The fourth-order valence-electron chi connectivity index (χ4n) is 6.15. The van der Waals surface area contributed by atoms with Gasteiger partial charge in [-0.15, -0.1) is 0 Å². The average molecular weight is 520 g/mol. The van der Waals surface area contributed by atoms with Crippen LogP contribution in [0.4, 0.5) is 19.0 Å². The van der Waals surface area contributed by atoms with Crippen molar-refractivity contribution in [3.8, 4) is 11.3 Å². The number of anilines is 1. The molecule has 6 nitrogen and oxygen atoms in total. The number of aryl methyl sites for hydroxylation is 2. The lowest BCUT2D eigenvalue weighted by molar-refractivity contribution is -0.137. The molecule has 4 aromatic rings. The minimum absolute atomic E-state index is 0.0410. The lowest BCUT2D eigenvalue weighted by Gasteiger charge is -2.46. The summed E-state index contributed by atoms with van der Waals surface area (Å²) >= 11 is 0. The van der Waals surface area contributed by atoms with Crippen LogP contribution in [-0.4, -0.2) is 33.0 Å². The Morgan fingerprint density at radius 3 is 2.55 bits per heavy atom. The molecule has 1 saturated carbocycles. The van der Waals surface area contributed by atoms with Crippen LogP contribution in [0.3, 0.4) is 0 Å². The summed E-state index contributed by atoms with van der Waals surface area (Å²) in [6.07, 6.45) is 4.41. The number of pyridine rings is 1. The third kappa shape index (κ3) is 3.74. The largest absolute Gasteiger partial charge is 0.417 e. The van der Waals surface area contributed by atoms with Gasteiger partial charge in [-0.2, -0.15) is 18.3 Å². The third-order valence-electron chi connectivity index (χ3n) is 8.37. The Kier molecular flexibility index (Phi) is 5.06. The van der Waals surface area contributed by atoms with Gasteiger partial charge in [-0.05, 0) is 67.7 Å². The zero-order valence-electron chi connectivity index (χ0n) is 21.3. The molecule has 9 heteroatoms. The lowest BCUT2D eigenvalue weighted by atomic mass is 9.63. The SMILES string of the molecule is Cc1cnc2c(N3CCC4(C=C(c5c(-c6ccccc6C(F)(F)F)noc5C5CC5)C4)CC3)nn(C)c2c1. The zero-order valence-corrected chi connectivity index (χ0v) is 21.3. The molecule has 196 valence electrons. The van der Waals surface area contributed by atoms with E-state index in [9.17, 15) is 13.2 Å². The summed E-state index contributed by atoms with van der Waals surface area (Å²) in [6.45, 7) is 3.74. The molecule has 2 aliphatic carbocycles. The predicted octanol–water partition coefficient (Wildman–Crippen LogP) is 6.90. The molecule has 0 unspecified atom stereocenters. The summed E-state index contributed by atoms with van der Waals surface area (Å²) in [6, 6.07) is 7.77. The molecule has 1 saturated heterocycles. The Morgan fingerprint density at radius 1 is 1.11 bits per heavy atom. The zero-order chi connectivity index (χ0) is 26.2. The monoisotopic (exact) mass is 519 g/mol. The van der Waals surface area contributed by atoms with Gasteiger partial charge in [-0.1, -0.05) is 29.4 Å². The first-order valence-electron chi connectivity index (χ1n) is 13.1. The van der Waals surface area contributed by atoms with E-state index < -0.39 is 11.7 Å². The number of hydrogen-bond donors (Lipinski definition) is 0. The van der Waals surface area contributed by atoms with Gasteiger partial charge < -0.3 is 9.42 Å². The Bertz CT molecular complexity index is 1590. The lowest BCUT2D eigenvalue weighted by Crippen LogP contribution is -2.42. The van der Waals surface area contributed by atoms with Crippen LogP contribution in [0.2, 0.25) is 0 Å². The number of fused-ring (bicyclic) bond motifs is 1. The summed E-state index contributed by atoms with van der Waals surface area (Å²) in [7, 11) is 1.95. The van der Waals surface area contributed by atoms with Crippen LogP contribution in [0.1, 0.15) is 60.5 Å². The summed E-state index contributed by atoms with van der Waals surface area (Å²) in [4.78, 5) is 6.96. The molecule has 4 heterocycles. The van der Waals surface area contributed by atoms with Gasteiger partial charge in [0.2, 0.25) is 0 Å². The maximum atomic E-state index is 13.8. The van der Waals surface area contributed by atoms with Gasteiger partial charge >= 0.3 is 6.18 Å². The number of hydrogen-bond acceptors (Lipinski definition) is 5. The van der Waals surface area contributed by atoms with E-state index in [4.69, 9.17) is 9.62 Å². The van der Waals surface area contributed by atoms with E-state index in [1.165, 1.54) is 12.1 Å². The summed E-state index contributed by atoms with van der Waals surface area (Å²) in [5.74, 6) is 1.91. The van der Waals surface area contributed by atoms with Crippen LogP contribution in [0, 0.1) is 12.3 Å². The number of aromatic nitrogens is 4. The number of nitrogens with zero attached hydrogens (tertiary/aromatic N) is 5. The van der Waals surface area contributed by atoms with Crippen molar-refractivity contribution in [2.24, 2.45) is 12.5 Å². The summed E-state index contributed by atoms with van der Waals surface area (Å²) in [5.41, 5.74) is 4.68. The van der Waals surface area contributed by atoms with Gasteiger partial charge in [0, 0.05) is 43.4 Å². The Hall–Kier alpha value is -3.62. The van der Waals surface area contributed by atoms with E-state index in [-0.39, 0.29) is 16.9 Å². The molecule has 1 spiro atoms. The first-order valence-corrected chi connectivity index (χ1v) is 13.1. The summed E-state index contributed by atoms with van der Waals surface area (Å²) in [5, 5.41) is 8.97. The Morgan fingerprint density at radius 2 is 1.84 bits per heavy atom. The number of allylic oxidation sites excluding steroid dienone is 2. The van der Waals surface area contributed by atoms with Crippen LogP contribution in [0.25, 0.3) is 27.9 Å². The highest BCUT2D eigenvalue weighted by Crippen LogP contribution is 2.56. The quantitative estimate of drug-likeness (QED) is 0.294. The van der Waals surface area contributed by atoms with Crippen LogP contribution >= 0.6 is 0 Å². The number of benzene rings is 1. The molecule has 1 aliphatic heterocycles. The highest BCUT2D eigenvalue weighted by atomic mass is 19.4. The van der Waals surface area contributed by atoms with Crippen molar-refractivity contribution in [2.75, 3.05) is 18.0 Å². The molecule has 0 radical (unpaired) electrons. The van der Waals surface area contributed by atoms with E-state index in [1.807, 2.05) is 24.9 Å². The maximum absolute atomic E-state index is 13.8. The van der Waals surface area contributed by atoms with Crippen molar-refractivity contribution < 1.29 is 17.7 Å². The molecule has 0 atom stereocenters. The van der Waals surface area contributed by atoms with Crippen molar-refractivity contribution in [3.05, 3.63) is 65.1 Å². The van der Waals surface area contributed by atoms with Crippen LogP contribution < -0.4 is 4.90 Å². The fourth-order valence-corrected chi connectivity index (χ4v) is 6.15. The van der Waals surface area contributed by atoms with Gasteiger partial charge in [-0.3, -0.25) is 9.67 Å². The van der Waals surface area contributed by atoms with Crippen molar-refractivity contribution in [1.29, 1.82) is 0 Å². The second kappa shape index (κ2) is 8.19. The molecule has 1 aromatic carbocycles. The van der Waals surface area contributed by atoms with Crippen molar-refractivity contribution in [3.63, 3.8) is 0 Å². The van der Waals surface area contributed by atoms with Crippen LogP contribution in [0.5, 0.6) is 0 Å². The van der Waals surface area contributed by atoms with E-state index in [2.05, 4.69) is 27.2 Å². The summed E-state index contributed by atoms with van der Waals surface area (Å²) < 4.78 is 49.1. The Labute approximate surface area is 218 Å². The van der Waals surface area contributed by atoms with Crippen LogP contribution in [0.15, 0.2) is 47.1 Å². The molecular weight excluding hydrogens is 491 g/mol. The fraction of sp³-hybridized carbons (Fsp3) is 0.414. The molecular formula is C29H28F3N5O. The highest BCUT2D eigenvalue weighted by molar-refractivity contribution is 5.88. The maximum Gasteiger partial charge on any atom is 0.417 e. The number of alkyl halides is 3. The van der Waals surface area contributed by atoms with Gasteiger partial charge in [-0.25, -0.2) is 0 Å². The van der Waals surface area contributed by atoms with E-state index in [0.29, 0.717) is 5.69 Å². The third-order valence-corrected chi connectivity index (χ3v) is 8.37.